The maximum absolute atomic E-state index is 6.00. The molecule has 0 amide bonds. The Balaban J connectivity index is 2.51. The van der Waals surface area contributed by atoms with Gasteiger partial charge in [-0.05, 0) is 25.7 Å². The van der Waals surface area contributed by atoms with Gasteiger partial charge in [0.15, 0.2) is 0 Å². The van der Waals surface area contributed by atoms with Crippen LogP contribution in [0.3, 0.4) is 0 Å². The molecule has 0 aromatic carbocycles. The number of hydrogen-bond donors (Lipinski definition) is 0. The fourth-order valence-electron chi connectivity index (χ4n) is 2.06. The smallest absolute Gasteiger partial charge is 0.0758 e. The molecule has 0 aromatic heterocycles. The summed E-state index contributed by atoms with van der Waals surface area (Å²) in [5.41, 5.74) is 0.0246. The van der Waals surface area contributed by atoms with Crippen molar-refractivity contribution in [1.82, 2.24) is 0 Å². The normalized spacial score (nSPS) is 18.3. The van der Waals surface area contributed by atoms with Gasteiger partial charge in [-0.1, -0.05) is 43.1 Å². The average Bonchev–Trinajstić information content (AvgIpc) is 2.71. The van der Waals surface area contributed by atoms with E-state index in [-0.39, 0.29) is 5.60 Å². The van der Waals surface area contributed by atoms with Crippen LogP contribution >= 0.6 is 0 Å². The summed E-state index contributed by atoms with van der Waals surface area (Å²) in [6, 6.07) is 0. The van der Waals surface area contributed by atoms with Crippen LogP contribution in [0.5, 0.6) is 0 Å². The van der Waals surface area contributed by atoms with Gasteiger partial charge in [0, 0.05) is 0 Å². The molecule has 0 spiro atoms. The molecule has 0 radical (unpaired) electrons. The fraction of sp³-hybridized carbons (Fsp3) is 0.600. The van der Waals surface area contributed by atoms with E-state index in [2.05, 4.69) is 45.0 Å². The summed E-state index contributed by atoms with van der Waals surface area (Å²) < 4.78 is 6.00. The van der Waals surface area contributed by atoms with E-state index in [1.54, 1.807) is 0 Å². The molecule has 1 aliphatic rings. The Hall–Kier alpha value is -0.603. The van der Waals surface area contributed by atoms with Gasteiger partial charge >= 0.3 is 0 Å². The summed E-state index contributed by atoms with van der Waals surface area (Å²) in [4.78, 5) is 0. The van der Waals surface area contributed by atoms with Crippen molar-refractivity contribution >= 4 is 8.07 Å². The summed E-state index contributed by atoms with van der Waals surface area (Å²) in [6.07, 6.45) is 10.6. The molecule has 96 valence electrons. The van der Waals surface area contributed by atoms with Crippen molar-refractivity contribution < 1.29 is 4.74 Å². The molecule has 1 rings (SSSR count). The molecular weight excluding hydrogens is 224 g/mol. The van der Waals surface area contributed by atoms with Crippen molar-refractivity contribution in [2.45, 2.75) is 50.9 Å². The molecule has 0 atom stereocenters. The lowest BCUT2D eigenvalue weighted by Crippen LogP contribution is -2.32. The third-order valence-electron chi connectivity index (χ3n) is 3.60. The third kappa shape index (κ3) is 4.28. The Morgan fingerprint density at radius 2 is 1.94 bits per heavy atom. The monoisotopic (exact) mass is 250 g/mol. The van der Waals surface area contributed by atoms with Gasteiger partial charge in [0.1, 0.15) is 0 Å². The predicted octanol–water partition coefficient (Wildman–Crippen LogP) is 4.49. The lowest BCUT2D eigenvalue weighted by atomic mass is 9.94. The Morgan fingerprint density at radius 3 is 2.41 bits per heavy atom. The van der Waals surface area contributed by atoms with Gasteiger partial charge in [-0.15, -0.1) is 13.2 Å². The SMILES string of the molecule is C=CCOC1(CCC(=C)[Si](C)(C)C)CC=CC1. The second kappa shape index (κ2) is 5.83. The van der Waals surface area contributed by atoms with E-state index < -0.39 is 8.07 Å². The van der Waals surface area contributed by atoms with Crippen molar-refractivity contribution in [3.05, 3.63) is 36.6 Å². The Kier molecular flexibility index (Phi) is 4.96. The predicted molar refractivity (Wildman–Crippen MR) is 79.0 cm³/mol. The lowest BCUT2D eigenvalue weighted by molar-refractivity contribution is -0.0268. The molecule has 0 bridgehead atoms. The van der Waals surface area contributed by atoms with Crippen LogP contribution in [0.4, 0.5) is 0 Å². The maximum atomic E-state index is 6.00. The highest BCUT2D eigenvalue weighted by Gasteiger charge is 2.32. The third-order valence-corrected chi connectivity index (χ3v) is 5.97. The van der Waals surface area contributed by atoms with E-state index in [0.717, 1.165) is 25.7 Å². The minimum absolute atomic E-state index is 0.0246. The van der Waals surface area contributed by atoms with Crippen LogP contribution in [-0.4, -0.2) is 20.3 Å². The first kappa shape index (κ1) is 14.5. The zero-order chi connectivity index (χ0) is 12.9. The van der Waals surface area contributed by atoms with Crippen LogP contribution in [0.15, 0.2) is 36.6 Å². The maximum Gasteiger partial charge on any atom is 0.0758 e. The van der Waals surface area contributed by atoms with Crippen molar-refractivity contribution in [1.29, 1.82) is 0 Å². The Morgan fingerprint density at radius 1 is 1.35 bits per heavy atom. The lowest BCUT2D eigenvalue weighted by Gasteiger charge is -2.31. The molecule has 0 aromatic rings. The van der Waals surface area contributed by atoms with Crippen molar-refractivity contribution in [2.75, 3.05) is 6.61 Å². The largest absolute Gasteiger partial charge is 0.370 e. The van der Waals surface area contributed by atoms with Gasteiger partial charge in [-0.3, -0.25) is 0 Å². The van der Waals surface area contributed by atoms with E-state index in [1.807, 2.05) is 6.08 Å². The molecule has 2 heteroatoms. The number of hydrogen-bond acceptors (Lipinski definition) is 1. The molecule has 1 aliphatic carbocycles. The Labute approximate surface area is 107 Å². The zero-order valence-corrected chi connectivity index (χ0v) is 12.6. The molecule has 0 saturated carbocycles. The van der Waals surface area contributed by atoms with E-state index in [0.29, 0.717) is 6.61 Å². The van der Waals surface area contributed by atoms with Gasteiger partial charge in [0.05, 0.1) is 20.3 Å². The first-order valence-corrected chi connectivity index (χ1v) is 9.98. The number of ether oxygens (including phenoxy) is 1. The molecule has 17 heavy (non-hydrogen) atoms. The summed E-state index contributed by atoms with van der Waals surface area (Å²) >= 11 is 0. The standard InChI is InChI=1S/C15H26OSi/c1-6-13-16-15(10-7-8-11-15)12-9-14(2)17(3,4)5/h6-8H,1-2,9-13H2,3-5H3. The minimum Gasteiger partial charge on any atom is -0.370 e. The van der Waals surface area contributed by atoms with Crippen LogP contribution < -0.4 is 0 Å². The molecule has 0 aliphatic heterocycles. The van der Waals surface area contributed by atoms with Crippen molar-refractivity contribution in [3.8, 4) is 0 Å². The average molecular weight is 250 g/mol. The van der Waals surface area contributed by atoms with Crippen molar-refractivity contribution in [3.63, 3.8) is 0 Å². The van der Waals surface area contributed by atoms with E-state index in [9.17, 15) is 0 Å². The van der Waals surface area contributed by atoms with Crippen LogP contribution in [0, 0.1) is 0 Å². The molecule has 1 nitrogen and oxygen atoms in total. The number of allylic oxidation sites excluding steroid dienone is 1. The Bertz CT molecular complexity index is 301. The molecule has 0 saturated heterocycles. The highest BCUT2D eigenvalue weighted by molar-refractivity contribution is 6.82. The summed E-state index contributed by atoms with van der Waals surface area (Å²) in [6.45, 7) is 15.7. The zero-order valence-electron chi connectivity index (χ0n) is 11.6. The van der Waals surface area contributed by atoms with Crippen LogP contribution in [0.1, 0.15) is 25.7 Å². The van der Waals surface area contributed by atoms with Gasteiger partial charge in [-0.2, -0.15) is 0 Å². The molecular formula is C15H26OSi. The van der Waals surface area contributed by atoms with E-state index in [4.69, 9.17) is 4.74 Å². The van der Waals surface area contributed by atoms with Gasteiger partial charge < -0.3 is 4.74 Å². The minimum atomic E-state index is -1.19. The van der Waals surface area contributed by atoms with Crippen LogP contribution in [0.2, 0.25) is 19.6 Å². The molecule has 0 unspecified atom stereocenters. The highest BCUT2D eigenvalue weighted by atomic mass is 28.3. The fourth-order valence-corrected chi connectivity index (χ4v) is 2.94. The second-order valence-electron chi connectivity index (χ2n) is 6.02. The number of rotatable bonds is 7. The van der Waals surface area contributed by atoms with Gasteiger partial charge in [0.2, 0.25) is 0 Å². The van der Waals surface area contributed by atoms with E-state index in [1.165, 1.54) is 5.20 Å². The summed E-state index contributed by atoms with van der Waals surface area (Å²) in [7, 11) is -1.19. The molecule has 0 heterocycles. The van der Waals surface area contributed by atoms with Crippen LogP contribution in [-0.2, 0) is 4.74 Å². The van der Waals surface area contributed by atoms with Gasteiger partial charge in [-0.25, -0.2) is 0 Å². The van der Waals surface area contributed by atoms with Gasteiger partial charge in [0.25, 0.3) is 0 Å². The first-order chi connectivity index (χ1) is 7.90. The first-order valence-electron chi connectivity index (χ1n) is 6.48. The molecule has 0 N–H and O–H groups in total. The summed E-state index contributed by atoms with van der Waals surface area (Å²) in [5, 5.41) is 1.45. The highest BCUT2D eigenvalue weighted by Crippen LogP contribution is 2.34. The van der Waals surface area contributed by atoms with Crippen LogP contribution in [0.25, 0.3) is 0 Å². The topological polar surface area (TPSA) is 9.23 Å². The molecule has 0 fully saturated rings. The second-order valence-corrected chi connectivity index (χ2v) is 11.2. The quantitative estimate of drug-likeness (QED) is 0.478. The summed E-state index contributed by atoms with van der Waals surface area (Å²) in [5.74, 6) is 0. The van der Waals surface area contributed by atoms with Crippen molar-refractivity contribution in [2.24, 2.45) is 0 Å². The van der Waals surface area contributed by atoms with E-state index >= 15 is 0 Å².